The molecule has 0 spiro atoms. The fourth-order valence-electron chi connectivity index (χ4n) is 2.78. The van der Waals surface area contributed by atoms with E-state index in [0.29, 0.717) is 12.1 Å². The fourth-order valence-corrected chi connectivity index (χ4v) is 4.14. The Morgan fingerprint density at radius 3 is 3.18 bits per heavy atom. The second kappa shape index (κ2) is 5.27. The molecule has 2 nitrogen and oxygen atoms in total. The molecule has 0 aromatic carbocycles. The zero-order valence-electron chi connectivity index (χ0n) is 9.88. The van der Waals surface area contributed by atoms with E-state index >= 15 is 0 Å². The van der Waals surface area contributed by atoms with Crippen LogP contribution in [0.25, 0.3) is 0 Å². The summed E-state index contributed by atoms with van der Waals surface area (Å²) in [5.41, 5.74) is 1.43. The molecule has 0 bridgehead atoms. The summed E-state index contributed by atoms with van der Waals surface area (Å²) in [6, 6.07) is 2.63. The van der Waals surface area contributed by atoms with E-state index in [1.165, 1.54) is 42.5 Å². The van der Waals surface area contributed by atoms with Crippen LogP contribution in [0.1, 0.15) is 42.2 Å². The Morgan fingerprint density at radius 1 is 1.41 bits per heavy atom. The maximum atomic E-state index is 6.06. The summed E-state index contributed by atoms with van der Waals surface area (Å²) < 4.78 is 6.67. The molecule has 4 heteroatoms. The van der Waals surface area contributed by atoms with Crippen LogP contribution in [0.4, 0.5) is 0 Å². The van der Waals surface area contributed by atoms with Crippen LogP contribution in [-0.2, 0) is 11.2 Å². The van der Waals surface area contributed by atoms with E-state index in [0.717, 1.165) is 17.5 Å². The highest BCUT2D eigenvalue weighted by Crippen LogP contribution is 2.39. The van der Waals surface area contributed by atoms with Crippen LogP contribution in [-0.4, -0.2) is 19.3 Å². The smallest absolute Gasteiger partial charge is 0.0934 e. The summed E-state index contributed by atoms with van der Waals surface area (Å²) in [7, 11) is 0. The third-order valence-electron chi connectivity index (χ3n) is 3.71. The number of hydrogen-bond donors (Lipinski definition) is 1. The average molecular weight is 272 g/mol. The van der Waals surface area contributed by atoms with Gasteiger partial charge in [-0.15, -0.1) is 11.3 Å². The number of fused-ring (bicyclic) bond motifs is 1. The third kappa shape index (κ3) is 2.68. The molecule has 1 aromatic rings. The van der Waals surface area contributed by atoms with Crippen molar-refractivity contribution in [2.24, 2.45) is 0 Å². The Balaban J connectivity index is 1.56. The van der Waals surface area contributed by atoms with E-state index in [9.17, 15) is 0 Å². The second-order valence-corrected chi connectivity index (χ2v) is 6.69. The largest absolute Gasteiger partial charge is 0.377 e. The number of hydrogen-bond acceptors (Lipinski definition) is 3. The predicted molar refractivity (Wildman–Crippen MR) is 72.0 cm³/mol. The van der Waals surface area contributed by atoms with E-state index in [4.69, 9.17) is 16.3 Å². The maximum absolute atomic E-state index is 6.06. The molecular formula is C13H18ClNOS. The first-order chi connectivity index (χ1) is 8.33. The van der Waals surface area contributed by atoms with Crippen molar-refractivity contribution in [1.29, 1.82) is 0 Å². The molecule has 0 amide bonds. The highest BCUT2D eigenvalue weighted by molar-refractivity contribution is 7.16. The lowest BCUT2D eigenvalue weighted by Gasteiger charge is -2.24. The van der Waals surface area contributed by atoms with E-state index in [1.54, 1.807) is 11.3 Å². The van der Waals surface area contributed by atoms with Crippen LogP contribution in [0.2, 0.25) is 4.34 Å². The number of rotatable bonds is 3. The van der Waals surface area contributed by atoms with Gasteiger partial charge in [-0.3, -0.25) is 0 Å². The van der Waals surface area contributed by atoms with Gasteiger partial charge in [-0.1, -0.05) is 11.6 Å². The summed E-state index contributed by atoms with van der Waals surface area (Å²) in [4.78, 5) is 1.47. The first kappa shape index (κ1) is 12.0. The molecule has 2 unspecified atom stereocenters. The van der Waals surface area contributed by atoms with Gasteiger partial charge in [0.25, 0.3) is 0 Å². The van der Waals surface area contributed by atoms with E-state index in [2.05, 4.69) is 11.4 Å². The molecule has 1 aliphatic carbocycles. The molecule has 1 N–H and O–H groups in total. The molecule has 2 aliphatic rings. The van der Waals surface area contributed by atoms with E-state index < -0.39 is 0 Å². The molecule has 17 heavy (non-hydrogen) atoms. The van der Waals surface area contributed by atoms with Crippen molar-refractivity contribution < 1.29 is 4.74 Å². The Morgan fingerprint density at radius 2 is 2.35 bits per heavy atom. The minimum absolute atomic E-state index is 0.418. The molecule has 0 radical (unpaired) electrons. The molecule has 2 heterocycles. The minimum atomic E-state index is 0.418. The highest BCUT2D eigenvalue weighted by atomic mass is 35.5. The van der Waals surface area contributed by atoms with Crippen LogP contribution < -0.4 is 5.32 Å². The SMILES string of the molecule is Clc1cc2c(s1)CCC2NCC1CCCCO1. The lowest BCUT2D eigenvalue weighted by atomic mass is 10.1. The van der Waals surface area contributed by atoms with Crippen molar-refractivity contribution in [2.75, 3.05) is 13.2 Å². The molecule has 1 aromatic heterocycles. The number of aryl methyl sites for hydroxylation is 1. The zero-order valence-corrected chi connectivity index (χ0v) is 11.4. The molecule has 3 rings (SSSR count). The van der Waals surface area contributed by atoms with E-state index in [-0.39, 0.29) is 0 Å². The van der Waals surface area contributed by atoms with Crippen LogP contribution in [0, 0.1) is 0 Å². The van der Waals surface area contributed by atoms with Gasteiger partial charge in [0, 0.05) is 24.1 Å². The maximum Gasteiger partial charge on any atom is 0.0934 e. The summed E-state index contributed by atoms with van der Waals surface area (Å²) in [6.45, 7) is 1.92. The predicted octanol–water partition coefficient (Wildman–Crippen LogP) is 3.55. The van der Waals surface area contributed by atoms with Gasteiger partial charge < -0.3 is 10.1 Å². The van der Waals surface area contributed by atoms with Gasteiger partial charge in [0.2, 0.25) is 0 Å². The van der Waals surface area contributed by atoms with Gasteiger partial charge in [0.05, 0.1) is 10.4 Å². The summed E-state index contributed by atoms with van der Waals surface area (Å²) in [5, 5.41) is 3.64. The van der Waals surface area contributed by atoms with Crippen molar-refractivity contribution in [2.45, 2.75) is 44.2 Å². The van der Waals surface area contributed by atoms with Crippen molar-refractivity contribution >= 4 is 22.9 Å². The van der Waals surface area contributed by atoms with Crippen molar-refractivity contribution in [1.82, 2.24) is 5.32 Å². The topological polar surface area (TPSA) is 21.3 Å². The monoisotopic (exact) mass is 271 g/mol. The van der Waals surface area contributed by atoms with E-state index in [1.807, 2.05) is 0 Å². The lowest BCUT2D eigenvalue weighted by Crippen LogP contribution is -2.33. The quantitative estimate of drug-likeness (QED) is 0.908. The molecular weight excluding hydrogens is 254 g/mol. The third-order valence-corrected chi connectivity index (χ3v) is 5.05. The molecule has 1 saturated heterocycles. The zero-order chi connectivity index (χ0) is 11.7. The number of nitrogens with one attached hydrogen (secondary N) is 1. The fraction of sp³-hybridized carbons (Fsp3) is 0.692. The normalized spacial score (nSPS) is 28.3. The van der Waals surface area contributed by atoms with Crippen LogP contribution in [0.3, 0.4) is 0 Å². The van der Waals surface area contributed by atoms with Crippen molar-refractivity contribution in [3.05, 3.63) is 20.8 Å². The van der Waals surface area contributed by atoms with Gasteiger partial charge in [0.1, 0.15) is 0 Å². The van der Waals surface area contributed by atoms with Crippen molar-refractivity contribution in [3.63, 3.8) is 0 Å². The van der Waals surface area contributed by atoms with Crippen LogP contribution in [0.5, 0.6) is 0 Å². The Bertz CT molecular complexity index is 387. The summed E-state index contributed by atoms with van der Waals surface area (Å²) in [6.07, 6.45) is 6.55. The molecule has 2 atom stereocenters. The lowest BCUT2D eigenvalue weighted by molar-refractivity contribution is 0.0153. The highest BCUT2D eigenvalue weighted by Gasteiger charge is 2.25. The first-order valence-electron chi connectivity index (χ1n) is 6.46. The number of halogens is 1. The van der Waals surface area contributed by atoms with Gasteiger partial charge in [-0.05, 0) is 43.7 Å². The van der Waals surface area contributed by atoms with Gasteiger partial charge in [-0.25, -0.2) is 0 Å². The Hall–Kier alpha value is -0.0900. The average Bonchev–Trinajstić information content (AvgIpc) is 2.87. The molecule has 1 fully saturated rings. The van der Waals surface area contributed by atoms with Crippen molar-refractivity contribution in [3.8, 4) is 0 Å². The summed E-state index contributed by atoms with van der Waals surface area (Å²) in [5.74, 6) is 0. The standard InChI is InChI=1S/C13H18ClNOS/c14-13-7-10-11(4-5-12(10)17-13)15-8-9-3-1-2-6-16-9/h7,9,11,15H,1-6,8H2. The minimum Gasteiger partial charge on any atom is -0.377 e. The Kier molecular flexibility index (Phi) is 3.71. The first-order valence-corrected chi connectivity index (χ1v) is 7.65. The van der Waals surface area contributed by atoms with Gasteiger partial charge >= 0.3 is 0 Å². The number of thiophene rings is 1. The molecule has 1 aliphatic heterocycles. The van der Waals surface area contributed by atoms with Crippen LogP contribution >= 0.6 is 22.9 Å². The molecule has 0 saturated carbocycles. The molecule has 94 valence electrons. The van der Waals surface area contributed by atoms with Gasteiger partial charge in [0.15, 0.2) is 0 Å². The summed E-state index contributed by atoms with van der Waals surface area (Å²) >= 11 is 7.79. The van der Waals surface area contributed by atoms with Gasteiger partial charge in [-0.2, -0.15) is 0 Å². The van der Waals surface area contributed by atoms with Crippen LogP contribution in [0.15, 0.2) is 6.07 Å². The number of ether oxygens (including phenoxy) is 1. The Labute approximate surface area is 111 Å². The second-order valence-electron chi connectivity index (χ2n) is 4.92.